The van der Waals surface area contributed by atoms with E-state index in [-0.39, 0.29) is 11.1 Å². The smallest absolute Gasteiger partial charge is 0.344 e. The Morgan fingerprint density at radius 1 is 1.32 bits per heavy atom. The van der Waals surface area contributed by atoms with Gasteiger partial charge in [0.25, 0.3) is 5.56 Å². The number of nitrogens with one attached hydrogen (secondary N) is 1. The Morgan fingerprint density at radius 2 is 2.12 bits per heavy atom. The third kappa shape index (κ3) is 3.32. The maximum Gasteiger partial charge on any atom is 0.344 e. The fourth-order valence-corrected chi connectivity index (χ4v) is 2.48. The van der Waals surface area contributed by atoms with E-state index >= 15 is 0 Å². The molecule has 0 amide bonds. The van der Waals surface area contributed by atoms with Crippen molar-refractivity contribution in [3.05, 3.63) is 76.0 Å². The fourth-order valence-electron chi connectivity index (χ4n) is 2.48. The molecule has 2 heterocycles. The molecule has 7 nitrogen and oxygen atoms in total. The maximum atomic E-state index is 14.4. The van der Waals surface area contributed by atoms with Crippen LogP contribution in [-0.2, 0) is 4.74 Å². The van der Waals surface area contributed by atoms with Gasteiger partial charge in [-0.1, -0.05) is 6.07 Å². The monoisotopic (exact) mass is 342 g/mol. The molecule has 0 saturated carbocycles. The molecule has 0 aliphatic carbocycles. The van der Waals surface area contributed by atoms with Gasteiger partial charge in [0.05, 0.1) is 11.3 Å². The highest BCUT2D eigenvalue weighted by Crippen LogP contribution is 2.27. The van der Waals surface area contributed by atoms with Crippen molar-refractivity contribution in [1.82, 2.24) is 19.7 Å². The third-order valence-electron chi connectivity index (χ3n) is 3.66. The number of carbonyl (C=O) groups excluding carboxylic acids is 1. The van der Waals surface area contributed by atoms with Crippen LogP contribution in [0.1, 0.15) is 34.6 Å². The highest BCUT2D eigenvalue weighted by atomic mass is 19.1. The van der Waals surface area contributed by atoms with Crippen LogP contribution in [0, 0.1) is 12.7 Å². The number of carbonyl (C=O) groups is 1. The molecule has 0 aliphatic rings. The summed E-state index contributed by atoms with van der Waals surface area (Å²) in [6.07, 6.45) is 1.79. The number of pyridine rings is 1. The number of hydrogen-bond donors (Lipinski definition) is 1. The molecule has 1 atom stereocenters. The van der Waals surface area contributed by atoms with Crippen LogP contribution in [-0.4, -0.2) is 25.7 Å². The molecule has 3 aromatic rings. The van der Waals surface area contributed by atoms with Crippen molar-refractivity contribution >= 4 is 5.97 Å². The average Bonchev–Trinajstić information content (AvgIpc) is 3.08. The van der Waals surface area contributed by atoms with Crippen molar-refractivity contribution in [3.63, 3.8) is 0 Å². The van der Waals surface area contributed by atoms with E-state index in [1.807, 2.05) is 0 Å². The van der Waals surface area contributed by atoms with Crippen LogP contribution in [0.15, 0.2) is 47.8 Å². The molecule has 8 heteroatoms. The normalized spacial score (nSPS) is 12.0. The van der Waals surface area contributed by atoms with E-state index in [9.17, 15) is 14.0 Å². The van der Waals surface area contributed by atoms with Gasteiger partial charge in [0.2, 0.25) is 0 Å². The number of esters is 1. The number of halogens is 1. The number of ether oxygens (including phenoxy) is 1. The van der Waals surface area contributed by atoms with Crippen molar-refractivity contribution < 1.29 is 13.9 Å². The van der Waals surface area contributed by atoms with E-state index in [1.165, 1.54) is 42.5 Å². The zero-order valence-electron chi connectivity index (χ0n) is 13.6. The van der Waals surface area contributed by atoms with Gasteiger partial charge >= 0.3 is 5.97 Å². The number of hydrogen-bond acceptors (Lipinski definition) is 5. The lowest BCUT2D eigenvalue weighted by Crippen LogP contribution is -2.21. The second-order valence-electron chi connectivity index (χ2n) is 5.44. The van der Waals surface area contributed by atoms with Crippen LogP contribution >= 0.6 is 0 Å². The summed E-state index contributed by atoms with van der Waals surface area (Å²) in [6.45, 7) is 3.22. The number of aryl methyl sites for hydroxylation is 1. The lowest BCUT2D eigenvalue weighted by atomic mass is 10.1. The molecule has 128 valence electrons. The highest BCUT2D eigenvalue weighted by molar-refractivity contribution is 5.89. The summed E-state index contributed by atoms with van der Waals surface area (Å²) in [5, 5.41) is 3.98. The number of aromatic nitrogens is 4. The molecule has 1 N–H and O–H groups in total. The summed E-state index contributed by atoms with van der Waals surface area (Å²) in [5.41, 5.74) is 0.469. The van der Waals surface area contributed by atoms with Gasteiger partial charge < -0.3 is 9.72 Å². The van der Waals surface area contributed by atoms with E-state index < -0.39 is 23.4 Å². The van der Waals surface area contributed by atoms with Crippen LogP contribution < -0.4 is 5.56 Å². The van der Waals surface area contributed by atoms with Crippen molar-refractivity contribution in [3.8, 4) is 5.69 Å². The Labute approximate surface area is 142 Å². The van der Waals surface area contributed by atoms with Gasteiger partial charge in [-0.25, -0.2) is 18.9 Å². The minimum absolute atomic E-state index is 0.143. The van der Waals surface area contributed by atoms with Crippen molar-refractivity contribution in [1.29, 1.82) is 0 Å². The lowest BCUT2D eigenvalue weighted by molar-refractivity contribution is 0.0329. The van der Waals surface area contributed by atoms with E-state index in [2.05, 4.69) is 15.1 Å². The maximum absolute atomic E-state index is 14.4. The minimum Gasteiger partial charge on any atom is -0.454 e. The second kappa shape index (κ2) is 6.68. The Morgan fingerprint density at radius 3 is 2.80 bits per heavy atom. The number of benzene rings is 1. The zero-order valence-corrected chi connectivity index (χ0v) is 13.6. The van der Waals surface area contributed by atoms with Crippen molar-refractivity contribution in [2.45, 2.75) is 20.0 Å². The SMILES string of the molecule is Cc1ccc(C(=O)O[C@H](C)c2c(F)cccc2-n2cncn2)c(=O)[nH]1. The van der Waals surface area contributed by atoms with E-state index in [0.29, 0.717) is 11.4 Å². The first-order valence-corrected chi connectivity index (χ1v) is 7.51. The van der Waals surface area contributed by atoms with Gasteiger partial charge in [-0.3, -0.25) is 4.79 Å². The van der Waals surface area contributed by atoms with Crippen LogP contribution in [0.2, 0.25) is 0 Å². The summed E-state index contributed by atoms with van der Waals surface area (Å²) in [7, 11) is 0. The van der Waals surface area contributed by atoms with E-state index in [4.69, 9.17) is 4.74 Å². The minimum atomic E-state index is -0.936. The number of rotatable bonds is 4. The highest BCUT2D eigenvalue weighted by Gasteiger charge is 2.22. The lowest BCUT2D eigenvalue weighted by Gasteiger charge is -2.17. The molecule has 0 radical (unpaired) electrons. The van der Waals surface area contributed by atoms with E-state index in [0.717, 1.165) is 0 Å². The molecule has 0 unspecified atom stereocenters. The quantitative estimate of drug-likeness (QED) is 0.735. The molecular formula is C17H15FN4O3. The molecule has 2 aromatic heterocycles. The summed E-state index contributed by atoms with van der Waals surface area (Å²) in [5.74, 6) is -1.38. The molecule has 1 aromatic carbocycles. The van der Waals surface area contributed by atoms with Gasteiger partial charge in [0.1, 0.15) is 30.1 Å². The van der Waals surface area contributed by atoms with Gasteiger partial charge in [0.15, 0.2) is 0 Å². The molecule has 0 saturated heterocycles. The summed E-state index contributed by atoms with van der Waals surface area (Å²) >= 11 is 0. The zero-order chi connectivity index (χ0) is 18.0. The first-order chi connectivity index (χ1) is 12.0. The second-order valence-corrected chi connectivity index (χ2v) is 5.44. The van der Waals surface area contributed by atoms with Crippen LogP contribution in [0.5, 0.6) is 0 Å². The molecule has 0 spiro atoms. The summed E-state index contributed by atoms with van der Waals surface area (Å²) in [6, 6.07) is 7.39. The van der Waals surface area contributed by atoms with Crippen LogP contribution in [0.3, 0.4) is 0 Å². The van der Waals surface area contributed by atoms with Gasteiger partial charge in [-0.15, -0.1) is 0 Å². The summed E-state index contributed by atoms with van der Waals surface area (Å²) < 4.78 is 21.0. The first kappa shape index (κ1) is 16.6. The number of aromatic amines is 1. The predicted octanol–water partition coefficient (Wildman–Crippen LogP) is 2.32. The van der Waals surface area contributed by atoms with Crippen molar-refractivity contribution in [2.75, 3.05) is 0 Å². The van der Waals surface area contributed by atoms with Gasteiger partial charge in [-0.2, -0.15) is 5.10 Å². The third-order valence-corrected chi connectivity index (χ3v) is 3.66. The van der Waals surface area contributed by atoms with E-state index in [1.54, 1.807) is 19.1 Å². The molecule has 0 fully saturated rings. The topological polar surface area (TPSA) is 89.9 Å². The van der Waals surface area contributed by atoms with Crippen molar-refractivity contribution in [2.24, 2.45) is 0 Å². The fraction of sp³-hybridized carbons (Fsp3) is 0.176. The Kier molecular flexibility index (Phi) is 4.42. The number of nitrogens with zero attached hydrogens (tertiary/aromatic N) is 3. The molecular weight excluding hydrogens is 327 g/mol. The van der Waals surface area contributed by atoms with Gasteiger partial charge in [-0.05, 0) is 38.1 Å². The summed E-state index contributed by atoms with van der Waals surface area (Å²) in [4.78, 5) is 30.5. The Hall–Kier alpha value is -3.29. The molecule has 3 rings (SSSR count). The standard InChI is InChI=1S/C17H15FN4O3/c1-10-6-7-12(16(23)21-10)17(24)25-11(2)15-13(18)4-3-5-14(15)22-9-19-8-20-22/h3-9,11H,1-2H3,(H,21,23)/t11-/m1/s1. The predicted molar refractivity (Wildman–Crippen MR) is 86.9 cm³/mol. The van der Waals surface area contributed by atoms with Crippen LogP contribution in [0.4, 0.5) is 4.39 Å². The molecule has 0 aliphatic heterocycles. The molecule has 25 heavy (non-hydrogen) atoms. The first-order valence-electron chi connectivity index (χ1n) is 7.51. The van der Waals surface area contributed by atoms with Gasteiger partial charge in [0, 0.05) is 5.69 Å². The average molecular weight is 342 g/mol. The number of H-pyrrole nitrogens is 1. The van der Waals surface area contributed by atoms with Crippen LogP contribution in [0.25, 0.3) is 5.69 Å². The Bertz CT molecular complexity index is 966. The Balaban J connectivity index is 1.93. The largest absolute Gasteiger partial charge is 0.454 e. The molecule has 0 bridgehead atoms.